The van der Waals surface area contributed by atoms with Crippen LogP contribution in [-0.4, -0.2) is 24.0 Å². The maximum absolute atomic E-state index is 11.5. The van der Waals surface area contributed by atoms with E-state index in [9.17, 15) is 4.79 Å². The highest BCUT2D eigenvalue weighted by molar-refractivity contribution is 5.80. The maximum atomic E-state index is 11.5. The number of ether oxygens (including phenoxy) is 1. The molecule has 3 heteroatoms. The van der Waals surface area contributed by atoms with Gasteiger partial charge in [0.1, 0.15) is 5.78 Å². The van der Waals surface area contributed by atoms with Gasteiger partial charge in [-0.2, -0.15) is 0 Å². The third-order valence-electron chi connectivity index (χ3n) is 2.05. The van der Waals surface area contributed by atoms with Crippen molar-refractivity contribution in [2.75, 3.05) is 13.2 Å². The Labute approximate surface area is 90.5 Å². The first-order chi connectivity index (χ1) is 7.33. The molecule has 0 fully saturated rings. The summed E-state index contributed by atoms with van der Waals surface area (Å²) in [6, 6.07) is 5.62. The van der Waals surface area contributed by atoms with Gasteiger partial charge < -0.3 is 4.74 Å². The lowest BCUT2D eigenvalue weighted by Gasteiger charge is -2.01. The Kier molecular flexibility index (Phi) is 5.63. The fourth-order valence-electron chi connectivity index (χ4n) is 1.31. The van der Waals surface area contributed by atoms with Crippen LogP contribution >= 0.6 is 0 Å². The van der Waals surface area contributed by atoms with Crippen molar-refractivity contribution in [3.05, 3.63) is 30.1 Å². The number of hydrogen-bond donors (Lipinski definition) is 0. The van der Waals surface area contributed by atoms with Gasteiger partial charge in [0, 0.05) is 37.9 Å². The van der Waals surface area contributed by atoms with E-state index in [2.05, 4.69) is 4.98 Å². The third-order valence-corrected chi connectivity index (χ3v) is 2.05. The Hall–Kier alpha value is -1.22. The molecule has 0 aliphatic carbocycles. The lowest BCUT2D eigenvalue weighted by molar-refractivity contribution is -0.118. The Morgan fingerprint density at radius 2 is 2.33 bits per heavy atom. The van der Waals surface area contributed by atoms with E-state index >= 15 is 0 Å². The van der Waals surface area contributed by atoms with Crippen molar-refractivity contribution in [1.29, 1.82) is 0 Å². The summed E-state index contributed by atoms with van der Waals surface area (Å²) in [6.45, 7) is 3.34. The van der Waals surface area contributed by atoms with E-state index in [1.807, 2.05) is 25.1 Å². The van der Waals surface area contributed by atoms with Crippen LogP contribution in [0.2, 0.25) is 0 Å². The fraction of sp³-hybridized carbons (Fsp3) is 0.500. The molecule has 0 aliphatic rings. The molecule has 82 valence electrons. The normalized spacial score (nSPS) is 10.2. The number of ketones is 1. The number of Topliss-reactive ketones (excluding diaryl/α,β-unsaturated/α-hetero) is 1. The number of carbonyl (C=O) groups excluding carboxylic acids is 1. The molecule has 1 rings (SSSR count). The van der Waals surface area contributed by atoms with Gasteiger partial charge in [-0.1, -0.05) is 6.07 Å². The second kappa shape index (κ2) is 7.12. The van der Waals surface area contributed by atoms with Gasteiger partial charge >= 0.3 is 0 Å². The minimum Gasteiger partial charge on any atom is -0.382 e. The van der Waals surface area contributed by atoms with Crippen molar-refractivity contribution in [2.45, 2.75) is 26.2 Å². The number of pyridine rings is 1. The maximum Gasteiger partial charge on any atom is 0.138 e. The van der Waals surface area contributed by atoms with Crippen molar-refractivity contribution in [3.8, 4) is 0 Å². The van der Waals surface area contributed by atoms with Crippen LogP contribution < -0.4 is 0 Å². The zero-order valence-electron chi connectivity index (χ0n) is 9.11. The standard InChI is InChI=1S/C12H17NO2/c1-2-15-9-5-7-12(14)10-11-6-3-4-8-13-11/h3-4,6,8H,2,5,7,9-10H2,1H3. The summed E-state index contributed by atoms with van der Waals surface area (Å²) in [5.41, 5.74) is 0.846. The molecule has 0 amide bonds. The molecule has 1 aromatic heterocycles. The van der Waals surface area contributed by atoms with Crippen molar-refractivity contribution < 1.29 is 9.53 Å². The van der Waals surface area contributed by atoms with E-state index in [4.69, 9.17) is 4.74 Å². The van der Waals surface area contributed by atoms with E-state index in [0.29, 0.717) is 26.1 Å². The number of carbonyl (C=O) groups is 1. The monoisotopic (exact) mass is 207 g/mol. The molecule has 0 N–H and O–H groups in total. The summed E-state index contributed by atoms with van der Waals surface area (Å²) in [5, 5.41) is 0. The Bertz CT molecular complexity index is 285. The lowest BCUT2D eigenvalue weighted by atomic mass is 10.1. The Morgan fingerprint density at radius 3 is 3.00 bits per heavy atom. The van der Waals surface area contributed by atoms with Gasteiger partial charge in [0.25, 0.3) is 0 Å². The second-order valence-corrected chi connectivity index (χ2v) is 3.34. The van der Waals surface area contributed by atoms with Gasteiger partial charge in [-0.05, 0) is 25.5 Å². The molecular formula is C12H17NO2. The Balaban J connectivity index is 2.19. The van der Waals surface area contributed by atoms with Crippen LogP contribution in [0.5, 0.6) is 0 Å². The van der Waals surface area contributed by atoms with Crippen LogP contribution in [0, 0.1) is 0 Å². The molecule has 0 saturated heterocycles. The summed E-state index contributed by atoms with van der Waals surface area (Å²) in [4.78, 5) is 15.6. The second-order valence-electron chi connectivity index (χ2n) is 3.34. The van der Waals surface area contributed by atoms with Gasteiger partial charge in [-0.25, -0.2) is 0 Å². The molecule has 0 unspecified atom stereocenters. The molecule has 0 saturated carbocycles. The molecule has 0 spiro atoms. The van der Waals surface area contributed by atoms with Crippen LogP contribution in [-0.2, 0) is 16.0 Å². The van der Waals surface area contributed by atoms with E-state index in [-0.39, 0.29) is 5.78 Å². The predicted octanol–water partition coefficient (Wildman–Crippen LogP) is 2.01. The zero-order chi connectivity index (χ0) is 10.9. The lowest BCUT2D eigenvalue weighted by Crippen LogP contribution is -2.05. The molecule has 1 heterocycles. The highest BCUT2D eigenvalue weighted by Crippen LogP contribution is 2.00. The predicted molar refractivity (Wildman–Crippen MR) is 58.7 cm³/mol. The summed E-state index contributed by atoms with van der Waals surface area (Å²) < 4.78 is 5.17. The average molecular weight is 207 g/mol. The van der Waals surface area contributed by atoms with Gasteiger partial charge in [0.15, 0.2) is 0 Å². The molecule has 0 aromatic carbocycles. The van der Waals surface area contributed by atoms with Crippen LogP contribution in [0.25, 0.3) is 0 Å². The summed E-state index contributed by atoms with van der Waals surface area (Å²) in [6.07, 6.45) is 3.53. The minimum atomic E-state index is 0.230. The first-order valence-corrected chi connectivity index (χ1v) is 5.32. The van der Waals surface area contributed by atoms with E-state index < -0.39 is 0 Å². The smallest absolute Gasteiger partial charge is 0.138 e. The number of nitrogens with zero attached hydrogens (tertiary/aromatic N) is 1. The van der Waals surface area contributed by atoms with Gasteiger partial charge in [0.05, 0.1) is 0 Å². The van der Waals surface area contributed by atoms with Crippen molar-refractivity contribution in [2.24, 2.45) is 0 Å². The third kappa shape index (κ3) is 5.27. The van der Waals surface area contributed by atoms with E-state index in [1.54, 1.807) is 6.20 Å². The highest BCUT2D eigenvalue weighted by Gasteiger charge is 2.03. The van der Waals surface area contributed by atoms with E-state index in [0.717, 1.165) is 12.1 Å². The molecule has 3 nitrogen and oxygen atoms in total. The molecule has 0 atom stereocenters. The fourth-order valence-corrected chi connectivity index (χ4v) is 1.31. The minimum absolute atomic E-state index is 0.230. The number of hydrogen-bond acceptors (Lipinski definition) is 3. The van der Waals surface area contributed by atoms with Crippen LogP contribution in [0.4, 0.5) is 0 Å². The number of aromatic nitrogens is 1. The van der Waals surface area contributed by atoms with Gasteiger partial charge in [-0.3, -0.25) is 9.78 Å². The largest absolute Gasteiger partial charge is 0.382 e. The summed E-state index contributed by atoms with van der Waals surface area (Å²) in [7, 11) is 0. The SMILES string of the molecule is CCOCCCC(=O)Cc1ccccn1. The van der Waals surface area contributed by atoms with Gasteiger partial charge in [-0.15, -0.1) is 0 Å². The molecular weight excluding hydrogens is 190 g/mol. The highest BCUT2D eigenvalue weighted by atomic mass is 16.5. The summed E-state index contributed by atoms with van der Waals surface area (Å²) >= 11 is 0. The molecule has 0 aliphatic heterocycles. The zero-order valence-corrected chi connectivity index (χ0v) is 9.11. The quantitative estimate of drug-likeness (QED) is 0.642. The first-order valence-electron chi connectivity index (χ1n) is 5.32. The molecule has 1 aromatic rings. The molecule has 0 radical (unpaired) electrons. The van der Waals surface area contributed by atoms with Crippen molar-refractivity contribution in [3.63, 3.8) is 0 Å². The van der Waals surface area contributed by atoms with E-state index in [1.165, 1.54) is 0 Å². The number of rotatable bonds is 7. The average Bonchev–Trinajstić information content (AvgIpc) is 2.26. The Morgan fingerprint density at radius 1 is 1.47 bits per heavy atom. The van der Waals surface area contributed by atoms with Crippen LogP contribution in [0.1, 0.15) is 25.5 Å². The first kappa shape index (κ1) is 11.9. The van der Waals surface area contributed by atoms with Crippen LogP contribution in [0.3, 0.4) is 0 Å². The topological polar surface area (TPSA) is 39.2 Å². The van der Waals surface area contributed by atoms with Crippen LogP contribution in [0.15, 0.2) is 24.4 Å². The van der Waals surface area contributed by atoms with Crippen molar-refractivity contribution >= 4 is 5.78 Å². The van der Waals surface area contributed by atoms with Crippen molar-refractivity contribution in [1.82, 2.24) is 4.98 Å². The van der Waals surface area contributed by atoms with Gasteiger partial charge in [0.2, 0.25) is 0 Å². The molecule has 0 bridgehead atoms. The summed E-state index contributed by atoms with van der Waals surface area (Å²) in [5.74, 6) is 0.230. The molecule has 15 heavy (non-hydrogen) atoms.